The second kappa shape index (κ2) is 9.17. The molecule has 0 atom stereocenters. The molecule has 0 aliphatic carbocycles. The number of hydrogen-bond acceptors (Lipinski definition) is 5. The van der Waals surface area contributed by atoms with Crippen molar-refractivity contribution in [2.75, 3.05) is 32.6 Å². The van der Waals surface area contributed by atoms with Crippen LogP contribution in [0, 0.1) is 0 Å². The highest BCUT2D eigenvalue weighted by atomic mass is 32.1. The minimum atomic E-state index is -0.514. The Bertz CT molecular complexity index is 551. The largest absolute Gasteiger partial charge is 0.497 e. The van der Waals surface area contributed by atoms with Crippen LogP contribution >= 0.6 is 12.2 Å². The molecule has 0 unspecified atom stereocenters. The third-order valence-corrected chi connectivity index (χ3v) is 2.93. The van der Waals surface area contributed by atoms with Gasteiger partial charge in [-0.3, -0.25) is 0 Å². The van der Waals surface area contributed by atoms with Gasteiger partial charge in [-0.1, -0.05) is 0 Å². The summed E-state index contributed by atoms with van der Waals surface area (Å²) < 4.78 is 15.5. The summed E-state index contributed by atoms with van der Waals surface area (Å²) in [5, 5.41) is 9.10. The number of hydrogen-bond donors (Lipinski definition) is 3. The number of carbonyl (C=O) groups excluding carboxylic acids is 1. The van der Waals surface area contributed by atoms with Crippen molar-refractivity contribution in [3.8, 4) is 11.5 Å². The molecule has 0 spiro atoms. The summed E-state index contributed by atoms with van der Waals surface area (Å²) in [5.41, 5.74) is 0.226. The van der Waals surface area contributed by atoms with Gasteiger partial charge < -0.3 is 30.2 Å². The van der Waals surface area contributed by atoms with Gasteiger partial charge in [-0.05, 0) is 33.0 Å². The maximum atomic E-state index is 11.5. The highest BCUT2D eigenvalue weighted by Crippen LogP contribution is 2.25. The molecule has 3 N–H and O–H groups in total. The number of anilines is 1. The van der Waals surface area contributed by atoms with Crippen molar-refractivity contribution < 1.29 is 19.0 Å². The Morgan fingerprint density at radius 3 is 2.08 bits per heavy atom. The zero-order valence-electron chi connectivity index (χ0n) is 14.7. The molecule has 8 heteroatoms. The number of thiocarbonyl (C=S) groups is 1. The molecule has 0 aliphatic heterocycles. The molecule has 0 heterocycles. The Hall–Kier alpha value is -2.22. The number of benzene rings is 1. The summed E-state index contributed by atoms with van der Waals surface area (Å²) in [5.74, 6) is 1.32. The van der Waals surface area contributed by atoms with Crippen LogP contribution < -0.4 is 25.4 Å². The maximum absolute atomic E-state index is 11.5. The number of methoxy groups -OCH3 is 2. The van der Waals surface area contributed by atoms with Crippen LogP contribution in [0.2, 0.25) is 0 Å². The molecule has 24 heavy (non-hydrogen) atoms. The SMILES string of the molecule is COc1cc(NC(=S)NCCNC(=O)OC(C)(C)C)cc(OC)c1. The van der Waals surface area contributed by atoms with Gasteiger partial charge in [0, 0.05) is 37.0 Å². The van der Waals surface area contributed by atoms with Gasteiger partial charge in [0.25, 0.3) is 0 Å². The van der Waals surface area contributed by atoms with Crippen molar-refractivity contribution in [1.29, 1.82) is 0 Å². The summed E-state index contributed by atoms with van der Waals surface area (Å²) in [4.78, 5) is 11.5. The predicted molar refractivity (Wildman–Crippen MR) is 98.0 cm³/mol. The van der Waals surface area contributed by atoms with E-state index in [1.165, 1.54) is 0 Å². The summed E-state index contributed by atoms with van der Waals surface area (Å²) in [6.45, 7) is 6.29. The molecule has 0 aromatic heterocycles. The first kappa shape index (κ1) is 19.8. The molecule has 0 radical (unpaired) electrons. The topological polar surface area (TPSA) is 80.9 Å². The number of alkyl carbamates (subject to hydrolysis) is 1. The number of nitrogens with one attached hydrogen (secondary N) is 3. The van der Waals surface area contributed by atoms with Gasteiger partial charge in [0.1, 0.15) is 17.1 Å². The van der Waals surface area contributed by atoms with E-state index in [-0.39, 0.29) is 0 Å². The first-order chi connectivity index (χ1) is 11.2. The van der Waals surface area contributed by atoms with Crippen molar-refractivity contribution in [3.05, 3.63) is 18.2 Å². The smallest absolute Gasteiger partial charge is 0.407 e. The lowest BCUT2D eigenvalue weighted by atomic mass is 10.2. The Morgan fingerprint density at radius 1 is 1.04 bits per heavy atom. The van der Waals surface area contributed by atoms with Crippen LogP contribution in [0.1, 0.15) is 20.8 Å². The Morgan fingerprint density at radius 2 is 1.58 bits per heavy atom. The fourth-order valence-electron chi connectivity index (χ4n) is 1.71. The van der Waals surface area contributed by atoms with Crippen LogP contribution in [0.3, 0.4) is 0 Å². The van der Waals surface area contributed by atoms with Gasteiger partial charge in [-0.25, -0.2) is 4.79 Å². The minimum absolute atomic E-state index is 0.387. The average molecular weight is 355 g/mol. The lowest BCUT2D eigenvalue weighted by Gasteiger charge is -2.19. The highest BCUT2D eigenvalue weighted by molar-refractivity contribution is 7.80. The maximum Gasteiger partial charge on any atom is 0.407 e. The summed E-state index contributed by atoms with van der Waals surface area (Å²) in [6.07, 6.45) is -0.458. The van der Waals surface area contributed by atoms with E-state index in [0.717, 1.165) is 5.69 Å². The van der Waals surface area contributed by atoms with E-state index in [2.05, 4.69) is 16.0 Å². The van der Waals surface area contributed by atoms with Crippen LogP contribution in [0.15, 0.2) is 18.2 Å². The summed E-state index contributed by atoms with van der Waals surface area (Å²) >= 11 is 5.21. The lowest BCUT2D eigenvalue weighted by Crippen LogP contribution is -2.39. The van der Waals surface area contributed by atoms with Crippen LogP contribution in [0.5, 0.6) is 11.5 Å². The Kier molecular flexibility index (Phi) is 7.57. The molecule has 0 bridgehead atoms. The van der Waals surface area contributed by atoms with Gasteiger partial charge >= 0.3 is 6.09 Å². The van der Waals surface area contributed by atoms with Crippen molar-refractivity contribution in [1.82, 2.24) is 10.6 Å². The standard InChI is InChI=1S/C16H25N3O4S/c1-16(2,3)23-15(20)18-7-6-17-14(24)19-11-8-12(21-4)10-13(9-11)22-5/h8-10H,6-7H2,1-5H3,(H,18,20)(H2,17,19,24). The third kappa shape index (κ3) is 7.87. The van der Waals surface area contributed by atoms with Crippen molar-refractivity contribution in [2.45, 2.75) is 26.4 Å². The number of carbonyl (C=O) groups is 1. The first-order valence-corrected chi connectivity index (χ1v) is 7.89. The molecule has 0 fully saturated rings. The number of amides is 1. The number of ether oxygens (including phenoxy) is 3. The van der Waals surface area contributed by atoms with E-state index in [1.807, 2.05) is 20.8 Å². The summed E-state index contributed by atoms with van der Waals surface area (Å²) in [7, 11) is 3.16. The quantitative estimate of drug-likeness (QED) is 0.534. The fraction of sp³-hybridized carbons (Fsp3) is 0.500. The zero-order chi connectivity index (χ0) is 18.2. The van der Waals surface area contributed by atoms with Crippen molar-refractivity contribution in [3.63, 3.8) is 0 Å². The normalized spacial score (nSPS) is 10.5. The molecule has 0 aliphatic rings. The molecule has 1 aromatic carbocycles. The van der Waals surface area contributed by atoms with Crippen LogP contribution in [-0.2, 0) is 4.74 Å². The van der Waals surface area contributed by atoms with Crippen LogP contribution in [0.25, 0.3) is 0 Å². The van der Waals surface area contributed by atoms with E-state index < -0.39 is 11.7 Å². The molecule has 7 nitrogen and oxygen atoms in total. The molecular formula is C16H25N3O4S. The third-order valence-electron chi connectivity index (χ3n) is 2.69. The Labute approximate surface area is 148 Å². The van der Waals surface area contributed by atoms with Crippen LogP contribution in [0.4, 0.5) is 10.5 Å². The van der Waals surface area contributed by atoms with Gasteiger partial charge in [-0.2, -0.15) is 0 Å². The molecule has 0 saturated carbocycles. The molecule has 134 valence electrons. The monoisotopic (exact) mass is 355 g/mol. The number of rotatable bonds is 6. The van der Waals surface area contributed by atoms with Crippen LogP contribution in [-0.4, -0.2) is 44.1 Å². The zero-order valence-corrected chi connectivity index (χ0v) is 15.5. The Balaban J connectivity index is 2.38. The second-order valence-corrected chi connectivity index (χ2v) is 6.32. The van der Waals surface area contributed by atoms with Gasteiger partial charge in [0.05, 0.1) is 14.2 Å². The molecule has 1 amide bonds. The van der Waals surface area contributed by atoms with Crippen molar-refractivity contribution >= 4 is 29.1 Å². The molecule has 1 rings (SSSR count). The van der Waals surface area contributed by atoms with E-state index in [4.69, 9.17) is 26.4 Å². The van der Waals surface area contributed by atoms with Crippen molar-refractivity contribution in [2.24, 2.45) is 0 Å². The fourth-order valence-corrected chi connectivity index (χ4v) is 1.93. The van der Waals surface area contributed by atoms with E-state index in [1.54, 1.807) is 32.4 Å². The predicted octanol–water partition coefficient (Wildman–Crippen LogP) is 2.51. The summed E-state index contributed by atoms with van der Waals surface area (Å²) in [6, 6.07) is 5.37. The second-order valence-electron chi connectivity index (χ2n) is 5.91. The lowest BCUT2D eigenvalue weighted by molar-refractivity contribution is 0.0529. The van der Waals surface area contributed by atoms with Gasteiger partial charge in [-0.15, -0.1) is 0 Å². The molecule has 1 aromatic rings. The minimum Gasteiger partial charge on any atom is -0.497 e. The highest BCUT2D eigenvalue weighted by Gasteiger charge is 2.15. The van der Waals surface area contributed by atoms with Gasteiger partial charge in [0.15, 0.2) is 5.11 Å². The van der Waals surface area contributed by atoms with E-state index in [0.29, 0.717) is 29.7 Å². The van der Waals surface area contributed by atoms with E-state index in [9.17, 15) is 4.79 Å². The van der Waals surface area contributed by atoms with Gasteiger partial charge in [0.2, 0.25) is 0 Å². The molecular weight excluding hydrogens is 330 g/mol. The van der Waals surface area contributed by atoms with E-state index >= 15 is 0 Å². The first-order valence-electron chi connectivity index (χ1n) is 7.48. The molecule has 0 saturated heterocycles. The average Bonchev–Trinajstić information content (AvgIpc) is 2.49.